The second kappa shape index (κ2) is 9.94. The Bertz CT molecular complexity index is 1520. The predicted octanol–water partition coefficient (Wildman–Crippen LogP) is 6.62. The van der Waals surface area contributed by atoms with E-state index in [0.717, 1.165) is 40.7 Å². The SMILES string of the molecule is CCN(CC)c1ccc(C2/C(=C(/O)c3ccc4ccccc4c3)C(=O)C(=O)N2c2cccc(C)c2)cc1. The minimum Gasteiger partial charge on any atom is -0.507 e. The Hall–Kier alpha value is -4.38. The molecular weight excluding hydrogens is 460 g/mol. The first-order chi connectivity index (χ1) is 17.9. The molecule has 1 aliphatic heterocycles. The number of aryl methyl sites for hydroxylation is 1. The maximum Gasteiger partial charge on any atom is 0.300 e. The zero-order valence-electron chi connectivity index (χ0n) is 21.3. The van der Waals surface area contributed by atoms with Crippen molar-refractivity contribution in [1.29, 1.82) is 0 Å². The Morgan fingerprint density at radius 3 is 2.22 bits per heavy atom. The van der Waals surface area contributed by atoms with E-state index < -0.39 is 17.7 Å². The lowest BCUT2D eigenvalue weighted by atomic mass is 9.94. The van der Waals surface area contributed by atoms with Crippen LogP contribution in [0.2, 0.25) is 0 Å². The van der Waals surface area contributed by atoms with Crippen LogP contribution in [0.3, 0.4) is 0 Å². The number of fused-ring (bicyclic) bond motifs is 1. The van der Waals surface area contributed by atoms with Crippen molar-refractivity contribution in [3.8, 4) is 0 Å². The number of carbonyl (C=O) groups is 2. The number of hydrogen-bond acceptors (Lipinski definition) is 4. The molecule has 0 radical (unpaired) electrons. The Labute approximate surface area is 217 Å². The second-order valence-electron chi connectivity index (χ2n) is 9.33. The van der Waals surface area contributed by atoms with Gasteiger partial charge in [0.05, 0.1) is 11.6 Å². The summed E-state index contributed by atoms with van der Waals surface area (Å²) in [6.45, 7) is 7.91. The normalized spacial score (nSPS) is 16.9. The Balaban J connectivity index is 1.69. The Morgan fingerprint density at radius 1 is 0.838 bits per heavy atom. The molecule has 1 saturated heterocycles. The summed E-state index contributed by atoms with van der Waals surface area (Å²) >= 11 is 0. The van der Waals surface area contributed by atoms with E-state index >= 15 is 0 Å². The standard InChI is InChI=1S/C32H30N2O3/c1-4-33(5-2)26-17-15-23(16-18-26)29-28(30(35)25-14-13-22-10-6-7-11-24(22)20-25)31(36)32(37)34(29)27-12-8-9-21(3)19-27/h6-20,29,35H,4-5H2,1-3H3/b30-28-. The van der Waals surface area contributed by atoms with Crippen LogP contribution >= 0.6 is 0 Å². The molecule has 0 spiro atoms. The van der Waals surface area contributed by atoms with Crippen LogP contribution in [0, 0.1) is 6.92 Å². The minimum atomic E-state index is -0.751. The summed E-state index contributed by atoms with van der Waals surface area (Å²) in [5.74, 6) is -1.51. The summed E-state index contributed by atoms with van der Waals surface area (Å²) in [4.78, 5) is 30.7. The van der Waals surface area contributed by atoms with Gasteiger partial charge in [-0.15, -0.1) is 0 Å². The number of amides is 1. The fraction of sp³-hybridized carbons (Fsp3) is 0.188. The van der Waals surface area contributed by atoms with E-state index in [4.69, 9.17) is 0 Å². The highest BCUT2D eigenvalue weighted by Crippen LogP contribution is 2.43. The summed E-state index contributed by atoms with van der Waals surface area (Å²) in [6.07, 6.45) is 0. The van der Waals surface area contributed by atoms with Gasteiger partial charge in [-0.1, -0.05) is 60.7 Å². The zero-order valence-corrected chi connectivity index (χ0v) is 21.3. The van der Waals surface area contributed by atoms with Crippen molar-refractivity contribution in [3.05, 3.63) is 113 Å². The fourth-order valence-electron chi connectivity index (χ4n) is 5.14. The van der Waals surface area contributed by atoms with E-state index in [2.05, 4.69) is 18.7 Å². The van der Waals surface area contributed by atoms with Gasteiger partial charge in [0, 0.05) is 30.0 Å². The smallest absolute Gasteiger partial charge is 0.300 e. The second-order valence-corrected chi connectivity index (χ2v) is 9.33. The first-order valence-corrected chi connectivity index (χ1v) is 12.6. The maximum atomic E-state index is 13.5. The molecule has 1 fully saturated rings. The van der Waals surface area contributed by atoms with Crippen molar-refractivity contribution >= 4 is 39.6 Å². The molecule has 5 nitrogen and oxygen atoms in total. The van der Waals surface area contributed by atoms with E-state index in [-0.39, 0.29) is 11.3 Å². The quantitative estimate of drug-likeness (QED) is 0.187. The average Bonchev–Trinajstić information content (AvgIpc) is 3.19. The van der Waals surface area contributed by atoms with Crippen molar-refractivity contribution in [2.75, 3.05) is 22.9 Å². The largest absolute Gasteiger partial charge is 0.507 e. The Morgan fingerprint density at radius 2 is 1.54 bits per heavy atom. The highest BCUT2D eigenvalue weighted by molar-refractivity contribution is 6.51. The molecule has 0 aliphatic carbocycles. The summed E-state index contributed by atoms with van der Waals surface area (Å²) < 4.78 is 0. The van der Waals surface area contributed by atoms with Crippen LogP contribution in [0.15, 0.2) is 96.6 Å². The molecule has 0 bridgehead atoms. The van der Waals surface area contributed by atoms with Crippen LogP contribution in [-0.2, 0) is 9.59 Å². The van der Waals surface area contributed by atoms with Gasteiger partial charge >= 0.3 is 0 Å². The fourth-order valence-corrected chi connectivity index (χ4v) is 5.14. The third kappa shape index (κ3) is 4.38. The maximum absolute atomic E-state index is 13.5. The van der Waals surface area contributed by atoms with Crippen molar-refractivity contribution < 1.29 is 14.7 Å². The van der Waals surface area contributed by atoms with Gasteiger partial charge in [0.25, 0.3) is 11.7 Å². The molecule has 1 aliphatic rings. The average molecular weight is 491 g/mol. The molecule has 1 heterocycles. The van der Waals surface area contributed by atoms with Gasteiger partial charge in [0.15, 0.2) is 0 Å². The lowest BCUT2D eigenvalue weighted by Gasteiger charge is -2.27. The molecule has 186 valence electrons. The topological polar surface area (TPSA) is 60.9 Å². The van der Waals surface area contributed by atoms with E-state index in [1.165, 1.54) is 4.90 Å². The predicted molar refractivity (Wildman–Crippen MR) is 150 cm³/mol. The third-order valence-corrected chi connectivity index (χ3v) is 7.08. The van der Waals surface area contributed by atoms with Crippen molar-refractivity contribution in [1.82, 2.24) is 0 Å². The number of hydrogen-bond donors (Lipinski definition) is 1. The van der Waals surface area contributed by atoms with Crippen LogP contribution < -0.4 is 9.80 Å². The van der Waals surface area contributed by atoms with Crippen LogP contribution in [0.4, 0.5) is 11.4 Å². The summed E-state index contributed by atoms with van der Waals surface area (Å²) in [5.41, 5.74) is 4.03. The van der Waals surface area contributed by atoms with Gasteiger partial charge in [-0.3, -0.25) is 14.5 Å². The molecule has 1 amide bonds. The molecule has 5 heteroatoms. The lowest BCUT2D eigenvalue weighted by molar-refractivity contribution is -0.132. The molecule has 0 aromatic heterocycles. The van der Waals surface area contributed by atoms with Gasteiger partial charge in [0.2, 0.25) is 0 Å². The number of benzene rings is 4. The molecule has 1 unspecified atom stereocenters. The van der Waals surface area contributed by atoms with Crippen LogP contribution in [0.25, 0.3) is 16.5 Å². The number of ketones is 1. The monoisotopic (exact) mass is 490 g/mol. The van der Waals surface area contributed by atoms with E-state index in [9.17, 15) is 14.7 Å². The molecular formula is C32H30N2O3. The number of anilines is 2. The molecule has 4 aromatic carbocycles. The van der Waals surface area contributed by atoms with Crippen molar-refractivity contribution in [3.63, 3.8) is 0 Å². The summed E-state index contributed by atoms with van der Waals surface area (Å²) in [7, 11) is 0. The summed E-state index contributed by atoms with van der Waals surface area (Å²) in [5, 5.41) is 13.5. The molecule has 1 N–H and O–H groups in total. The highest BCUT2D eigenvalue weighted by atomic mass is 16.3. The number of rotatable bonds is 6. The van der Waals surface area contributed by atoms with E-state index in [1.54, 1.807) is 6.07 Å². The highest BCUT2D eigenvalue weighted by Gasteiger charge is 2.47. The van der Waals surface area contributed by atoms with Gasteiger partial charge in [-0.2, -0.15) is 0 Å². The number of nitrogens with zero attached hydrogens (tertiary/aromatic N) is 2. The number of carbonyl (C=O) groups excluding carboxylic acids is 2. The first-order valence-electron chi connectivity index (χ1n) is 12.6. The third-order valence-electron chi connectivity index (χ3n) is 7.08. The minimum absolute atomic E-state index is 0.0948. The van der Waals surface area contributed by atoms with E-state index in [1.807, 2.05) is 91.9 Å². The molecule has 5 rings (SSSR count). The van der Waals surface area contributed by atoms with Gasteiger partial charge in [-0.25, -0.2) is 0 Å². The van der Waals surface area contributed by atoms with Gasteiger partial charge in [0.1, 0.15) is 5.76 Å². The number of Topliss-reactive ketones (excluding diaryl/α,β-unsaturated/α-hetero) is 1. The first kappa shape index (κ1) is 24.3. The summed E-state index contributed by atoms with van der Waals surface area (Å²) in [6, 6.07) is 28.1. The molecule has 1 atom stereocenters. The lowest BCUT2D eigenvalue weighted by Crippen LogP contribution is -2.29. The number of aliphatic hydroxyl groups is 1. The van der Waals surface area contributed by atoms with Gasteiger partial charge in [-0.05, 0) is 73.0 Å². The van der Waals surface area contributed by atoms with Crippen LogP contribution in [0.1, 0.15) is 36.6 Å². The molecule has 4 aromatic rings. The Kier molecular flexibility index (Phi) is 6.53. The zero-order chi connectivity index (χ0) is 26.1. The van der Waals surface area contributed by atoms with E-state index in [0.29, 0.717) is 11.3 Å². The van der Waals surface area contributed by atoms with Gasteiger partial charge < -0.3 is 10.0 Å². The van der Waals surface area contributed by atoms with Crippen LogP contribution in [-0.4, -0.2) is 29.9 Å². The van der Waals surface area contributed by atoms with Crippen molar-refractivity contribution in [2.45, 2.75) is 26.8 Å². The number of aliphatic hydroxyl groups excluding tert-OH is 1. The van der Waals surface area contributed by atoms with Crippen molar-refractivity contribution in [2.24, 2.45) is 0 Å². The molecule has 0 saturated carbocycles. The van der Waals surface area contributed by atoms with Crippen LogP contribution in [0.5, 0.6) is 0 Å². The molecule has 37 heavy (non-hydrogen) atoms.